The lowest BCUT2D eigenvalue weighted by Crippen LogP contribution is -2.38. The molecule has 3 unspecified atom stereocenters. The number of amides is 1. The Morgan fingerprint density at radius 3 is 2.56 bits per heavy atom. The number of benzene rings is 2. The fourth-order valence-corrected chi connectivity index (χ4v) is 2.84. The lowest BCUT2D eigenvalue weighted by molar-refractivity contribution is -0.128. The summed E-state index contributed by atoms with van der Waals surface area (Å²) in [6, 6.07) is 11.9. The standard InChI is InChI=1S/C19H20F2N2O3.ClH/c20-15-7-6-14(8-16(15)21)26-18(12-4-2-1-3-5-12)19(25)23-10-13-9-22-11-17(13)24;/h1-8,13,17-18,22,24H,9-11H2,(H,23,25);1H. The summed E-state index contributed by atoms with van der Waals surface area (Å²) in [5.74, 6) is -2.48. The second-order valence-electron chi connectivity index (χ2n) is 6.22. The van der Waals surface area contributed by atoms with Crippen LogP contribution in [0, 0.1) is 17.6 Å². The molecule has 27 heavy (non-hydrogen) atoms. The molecule has 1 saturated heterocycles. The zero-order valence-corrected chi connectivity index (χ0v) is 15.2. The summed E-state index contributed by atoms with van der Waals surface area (Å²) < 4.78 is 32.2. The minimum absolute atomic E-state index is 0. The molecule has 1 amide bonds. The van der Waals surface area contributed by atoms with Crippen molar-refractivity contribution in [2.24, 2.45) is 5.92 Å². The van der Waals surface area contributed by atoms with Gasteiger partial charge in [-0.1, -0.05) is 30.3 Å². The molecule has 0 bridgehead atoms. The average Bonchev–Trinajstić information content (AvgIpc) is 3.06. The number of carbonyl (C=O) groups is 1. The summed E-state index contributed by atoms with van der Waals surface area (Å²) in [6.07, 6.45) is -1.54. The van der Waals surface area contributed by atoms with Gasteiger partial charge in [0.1, 0.15) is 5.75 Å². The Labute approximate surface area is 162 Å². The van der Waals surface area contributed by atoms with Crippen molar-refractivity contribution in [3.63, 3.8) is 0 Å². The molecule has 2 aromatic rings. The van der Waals surface area contributed by atoms with Gasteiger partial charge < -0.3 is 20.5 Å². The van der Waals surface area contributed by atoms with Gasteiger partial charge in [-0.05, 0) is 12.1 Å². The van der Waals surface area contributed by atoms with Crippen LogP contribution >= 0.6 is 12.4 Å². The van der Waals surface area contributed by atoms with Gasteiger partial charge in [0.05, 0.1) is 6.10 Å². The summed E-state index contributed by atoms with van der Waals surface area (Å²) in [4.78, 5) is 12.7. The van der Waals surface area contributed by atoms with Crippen LogP contribution in [0.2, 0.25) is 0 Å². The molecule has 146 valence electrons. The number of rotatable bonds is 6. The fraction of sp³-hybridized carbons (Fsp3) is 0.316. The lowest BCUT2D eigenvalue weighted by atomic mass is 10.1. The van der Waals surface area contributed by atoms with Crippen LogP contribution in [0.3, 0.4) is 0 Å². The van der Waals surface area contributed by atoms with Crippen molar-refractivity contribution in [1.29, 1.82) is 0 Å². The van der Waals surface area contributed by atoms with E-state index in [4.69, 9.17) is 4.74 Å². The molecule has 0 saturated carbocycles. The third-order valence-corrected chi connectivity index (χ3v) is 4.33. The Kier molecular flexibility index (Phi) is 7.53. The molecular weight excluding hydrogens is 378 g/mol. The van der Waals surface area contributed by atoms with E-state index in [0.717, 1.165) is 12.1 Å². The van der Waals surface area contributed by atoms with Crippen molar-refractivity contribution in [2.45, 2.75) is 12.2 Å². The first kappa shape index (κ1) is 21.1. The predicted octanol–water partition coefficient (Wildman–Crippen LogP) is 2.20. The molecular formula is C19H21ClF2N2O3. The minimum Gasteiger partial charge on any atom is -0.476 e. The van der Waals surface area contributed by atoms with E-state index in [1.165, 1.54) is 6.07 Å². The molecule has 8 heteroatoms. The van der Waals surface area contributed by atoms with Crippen LogP contribution in [0.15, 0.2) is 48.5 Å². The maximum Gasteiger partial charge on any atom is 0.265 e. The van der Waals surface area contributed by atoms with Crippen LogP contribution in [-0.2, 0) is 4.79 Å². The number of hydrogen-bond acceptors (Lipinski definition) is 4. The molecule has 3 N–H and O–H groups in total. The highest BCUT2D eigenvalue weighted by Crippen LogP contribution is 2.24. The second-order valence-corrected chi connectivity index (χ2v) is 6.22. The van der Waals surface area contributed by atoms with Crippen LogP contribution in [0.5, 0.6) is 5.75 Å². The largest absolute Gasteiger partial charge is 0.476 e. The monoisotopic (exact) mass is 398 g/mol. The second kappa shape index (κ2) is 9.64. The van der Waals surface area contributed by atoms with E-state index >= 15 is 0 Å². The van der Waals surface area contributed by atoms with Crippen molar-refractivity contribution in [3.8, 4) is 5.75 Å². The first-order chi connectivity index (χ1) is 12.5. The quantitative estimate of drug-likeness (QED) is 0.697. The highest BCUT2D eigenvalue weighted by atomic mass is 35.5. The van der Waals surface area contributed by atoms with E-state index in [1.807, 2.05) is 0 Å². The first-order valence-electron chi connectivity index (χ1n) is 8.37. The molecule has 5 nitrogen and oxygen atoms in total. The average molecular weight is 399 g/mol. The maximum absolute atomic E-state index is 13.4. The van der Waals surface area contributed by atoms with Crippen LogP contribution in [0.1, 0.15) is 11.7 Å². The van der Waals surface area contributed by atoms with Gasteiger partial charge in [-0.2, -0.15) is 0 Å². The number of carbonyl (C=O) groups excluding carboxylic acids is 1. The third-order valence-electron chi connectivity index (χ3n) is 4.33. The van der Waals surface area contributed by atoms with E-state index in [1.54, 1.807) is 30.3 Å². The van der Waals surface area contributed by atoms with E-state index in [9.17, 15) is 18.7 Å². The zero-order chi connectivity index (χ0) is 18.5. The van der Waals surface area contributed by atoms with Crippen molar-refractivity contribution >= 4 is 18.3 Å². The molecule has 0 spiro atoms. The molecule has 1 aliphatic heterocycles. The fourth-order valence-electron chi connectivity index (χ4n) is 2.84. The smallest absolute Gasteiger partial charge is 0.265 e. The van der Waals surface area contributed by atoms with Crippen LogP contribution in [0.25, 0.3) is 0 Å². The van der Waals surface area contributed by atoms with E-state index in [0.29, 0.717) is 18.7 Å². The highest BCUT2D eigenvalue weighted by molar-refractivity contribution is 5.85. The Morgan fingerprint density at radius 2 is 1.93 bits per heavy atom. The molecule has 0 aliphatic carbocycles. The first-order valence-corrected chi connectivity index (χ1v) is 8.37. The van der Waals surface area contributed by atoms with Crippen molar-refractivity contribution in [3.05, 3.63) is 65.7 Å². The molecule has 0 aromatic heterocycles. The van der Waals surface area contributed by atoms with Crippen molar-refractivity contribution in [1.82, 2.24) is 10.6 Å². The molecule has 2 aromatic carbocycles. The number of hydrogen-bond donors (Lipinski definition) is 3. The number of nitrogens with one attached hydrogen (secondary N) is 2. The third kappa shape index (κ3) is 5.38. The Balaban J connectivity index is 0.00000261. The molecule has 0 radical (unpaired) electrons. The molecule has 1 aliphatic rings. The van der Waals surface area contributed by atoms with Crippen LogP contribution in [0.4, 0.5) is 8.78 Å². The summed E-state index contributed by atoms with van der Waals surface area (Å²) in [5.41, 5.74) is 0.583. The van der Waals surface area contributed by atoms with Gasteiger partial charge in [0.15, 0.2) is 11.6 Å². The van der Waals surface area contributed by atoms with Gasteiger partial charge in [0.2, 0.25) is 6.10 Å². The van der Waals surface area contributed by atoms with Gasteiger partial charge in [-0.3, -0.25) is 4.79 Å². The SMILES string of the molecule is Cl.O=C(NCC1CNCC1O)C(Oc1ccc(F)c(F)c1)c1ccccc1. The van der Waals surface area contributed by atoms with E-state index < -0.39 is 29.7 Å². The highest BCUT2D eigenvalue weighted by Gasteiger charge is 2.28. The normalized spacial score (nSPS) is 19.8. The molecule has 1 heterocycles. The zero-order valence-electron chi connectivity index (χ0n) is 14.4. The van der Waals surface area contributed by atoms with Gasteiger partial charge in [0.25, 0.3) is 5.91 Å². The summed E-state index contributed by atoms with van der Waals surface area (Å²) >= 11 is 0. The Hall–Kier alpha value is -2.22. The predicted molar refractivity (Wildman–Crippen MR) is 98.8 cm³/mol. The van der Waals surface area contributed by atoms with Gasteiger partial charge in [-0.15, -0.1) is 12.4 Å². The van der Waals surface area contributed by atoms with E-state index in [2.05, 4.69) is 10.6 Å². The molecule has 3 atom stereocenters. The summed E-state index contributed by atoms with van der Waals surface area (Å²) in [6.45, 7) is 1.40. The van der Waals surface area contributed by atoms with Gasteiger partial charge in [0, 0.05) is 37.2 Å². The van der Waals surface area contributed by atoms with Gasteiger partial charge in [-0.25, -0.2) is 8.78 Å². The topological polar surface area (TPSA) is 70.6 Å². The number of β-amino-alcohol motifs (C(OH)–C–C–N with tert-alkyl or cyclic N) is 1. The lowest BCUT2D eigenvalue weighted by Gasteiger charge is -2.21. The molecule has 1 fully saturated rings. The number of aliphatic hydroxyl groups is 1. The molecule has 3 rings (SSSR count). The van der Waals surface area contributed by atoms with Crippen molar-refractivity contribution < 1.29 is 23.4 Å². The number of ether oxygens (including phenoxy) is 1. The van der Waals surface area contributed by atoms with E-state index in [-0.39, 0.29) is 30.6 Å². The number of aliphatic hydroxyl groups excluding tert-OH is 1. The Morgan fingerprint density at radius 1 is 1.19 bits per heavy atom. The number of halogens is 3. The minimum atomic E-state index is -1.05. The summed E-state index contributed by atoms with van der Waals surface area (Å²) in [7, 11) is 0. The maximum atomic E-state index is 13.4. The van der Waals surface area contributed by atoms with Crippen LogP contribution in [-0.4, -0.2) is 36.8 Å². The van der Waals surface area contributed by atoms with Gasteiger partial charge >= 0.3 is 0 Å². The van der Waals surface area contributed by atoms with Crippen molar-refractivity contribution in [2.75, 3.05) is 19.6 Å². The summed E-state index contributed by atoms with van der Waals surface area (Å²) in [5, 5.41) is 15.6. The van der Waals surface area contributed by atoms with Crippen LogP contribution < -0.4 is 15.4 Å². The Bertz CT molecular complexity index is 764.